The van der Waals surface area contributed by atoms with E-state index < -0.39 is 0 Å². The Balaban J connectivity index is 2.07. The number of unbranched alkanes of at least 4 members (excludes halogenated alkanes) is 4. The third-order valence-electron chi connectivity index (χ3n) is 8.55. The lowest BCUT2D eigenvalue weighted by Crippen LogP contribution is -2.33. The summed E-state index contributed by atoms with van der Waals surface area (Å²) in [4.78, 5) is 0. The molecule has 0 saturated heterocycles. The summed E-state index contributed by atoms with van der Waals surface area (Å²) >= 11 is 0. The normalized spacial score (nSPS) is 24.0. The first kappa shape index (κ1) is 25.3. The Morgan fingerprint density at radius 2 is 1.62 bits per heavy atom. The summed E-state index contributed by atoms with van der Waals surface area (Å²) in [7, 11) is 0. The zero-order valence-electron chi connectivity index (χ0n) is 22.7. The molecule has 2 aliphatic carbocycles. The molecule has 1 aromatic carbocycles. The number of hydrogen-bond acceptors (Lipinski definition) is 0. The maximum atomic E-state index is 2.63. The summed E-state index contributed by atoms with van der Waals surface area (Å²) in [6.07, 6.45) is 15.8. The standard InChI is InChI=1S/C32H50/c1-10-12-13-14-15-16-23(11-2)32(9)28-21-24(30(3,4)5)17-19-26(28)27-20-18-25(22-29(27)32)31(6,7)8/h17-19,21-23,27H,10-16,20H2,1-9H3. The van der Waals surface area contributed by atoms with E-state index in [1.54, 1.807) is 16.7 Å². The Labute approximate surface area is 200 Å². The van der Waals surface area contributed by atoms with Crippen LogP contribution in [0.5, 0.6) is 0 Å². The van der Waals surface area contributed by atoms with Crippen LogP contribution in [-0.2, 0) is 10.8 Å². The van der Waals surface area contributed by atoms with Crippen LogP contribution in [0.3, 0.4) is 0 Å². The van der Waals surface area contributed by atoms with Crippen molar-refractivity contribution in [2.45, 2.75) is 130 Å². The average Bonchev–Trinajstić information content (AvgIpc) is 2.98. The first-order valence-corrected chi connectivity index (χ1v) is 13.5. The van der Waals surface area contributed by atoms with Gasteiger partial charge in [-0.05, 0) is 51.9 Å². The molecule has 0 heteroatoms. The van der Waals surface area contributed by atoms with E-state index in [9.17, 15) is 0 Å². The Morgan fingerprint density at radius 3 is 2.22 bits per heavy atom. The van der Waals surface area contributed by atoms with Crippen molar-refractivity contribution < 1.29 is 0 Å². The Morgan fingerprint density at radius 1 is 0.938 bits per heavy atom. The van der Waals surface area contributed by atoms with E-state index >= 15 is 0 Å². The van der Waals surface area contributed by atoms with Gasteiger partial charge in [-0.2, -0.15) is 0 Å². The third kappa shape index (κ3) is 4.80. The van der Waals surface area contributed by atoms with E-state index in [0.717, 1.165) is 0 Å². The van der Waals surface area contributed by atoms with Crippen molar-refractivity contribution in [3.05, 3.63) is 58.2 Å². The van der Waals surface area contributed by atoms with E-state index in [1.807, 2.05) is 0 Å². The molecule has 0 radical (unpaired) electrons. The van der Waals surface area contributed by atoms with Crippen LogP contribution in [0.1, 0.15) is 136 Å². The predicted octanol–water partition coefficient (Wildman–Crippen LogP) is 10.0. The highest BCUT2D eigenvalue weighted by Crippen LogP contribution is 2.59. The molecule has 178 valence electrons. The van der Waals surface area contributed by atoms with Crippen LogP contribution in [0.15, 0.2) is 41.5 Å². The Hall–Kier alpha value is -1.30. The van der Waals surface area contributed by atoms with Crippen molar-refractivity contribution in [1.82, 2.24) is 0 Å². The van der Waals surface area contributed by atoms with Gasteiger partial charge < -0.3 is 0 Å². The number of benzene rings is 1. The minimum Gasteiger partial charge on any atom is -0.0799 e. The maximum Gasteiger partial charge on any atom is 0.0174 e. The fraction of sp³-hybridized carbons (Fsp3) is 0.688. The number of allylic oxidation sites excluding steroid dienone is 4. The van der Waals surface area contributed by atoms with Gasteiger partial charge in [0, 0.05) is 11.3 Å². The van der Waals surface area contributed by atoms with Gasteiger partial charge in [0.15, 0.2) is 0 Å². The maximum absolute atomic E-state index is 2.63. The van der Waals surface area contributed by atoms with Crippen LogP contribution in [0.25, 0.3) is 0 Å². The molecule has 0 bridgehead atoms. The van der Waals surface area contributed by atoms with E-state index in [-0.39, 0.29) is 16.2 Å². The highest BCUT2D eigenvalue weighted by molar-refractivity contribution is 5.60. The second-order valence-electron chi connectivity index (χ2n) is 12.9. The minimum absolute atomic E-state index is 0.158. The van der Waals surface area contributed by atoms with Crippen LogP contribution in [-0.4, -0.2) is 0 Å². The molecule has 0 heterocycles. The van der Waals surface area contributed by atoms with Gasteiger partial charge in [0.05, 0.1) is 0 Å². The first-order valence-electron chi connectivity index (χ1n) is 13.5. The van der Waals surface area contributed by atoms with Crippen LogP contribution in [0.4, 0.5) is 0 Å². The van der Waals surface area contributed by atoms with Crippen molar-refractivity contribution >= 4 is 0 Å². The van der Waals surface area contributed by atoms with Gasteiger partial charge in [-0.25, -0.2) is 0 Å². The van der Waals surface area contributed by atoms with Crippen molar-refractivity contribution in [1.29, 1.82) is 0 Å². The number of hydrogen-bond donors (Lipinski definition) is 0. The number of fused-ring (bicyclic) bond motifs is 3. The molecule has 3 rings (SSSR count). The largest absolute Gasteiger partial charge is 0.0799 e. The summed E-state index contributed by atoms with van der Waals surface area (Å²) in [5.41, 5.74) is 8.56. The summed E-state index contributed by atoms with van der Waals surface area (Å²) < 4.78 is 0. The summed E-state index contributed by atoms with van der Waals surface area (Å²) in [5, 5.41) is 0. The van der Waals surface area contributed by atoms with Crippen LogP contribution in [0, 0.1) is 11.3 Å². The van der Waals surface area contributed by atoms with Crippen molar-refractivity contribution in [3.63, 3.8) is 0 Å². The first-order chi connectivity index (χ1) is 14.9. The molecule has 0 aromatic heterocycles. The predicted molar refractivity (Wildman–Crippen MR) is 143 cm³/mol. The molecule has 3 unspecified atom stereocenters. The smallest absolute Gasteiger partial charge is 0.0174 e. The van der Waals surface area contributed by atoms with Gasteiger partial charge >= 0.3 is 0 Å². The molecule has 0 spiro atoms. The topological polar surface area (TPSA) is 0 Å². The fourth-order valence-electron chi connectivity index (χ4n) is 6.31. The van der Waals surface area contributed by atoms with E-state index in [2.05, 4.69) is 92.7 Å². The molecule has 0 saturated carbocycles. The van der Waals surface area contributed by atoms with Crippen molar-refractivity contribution in [3.8, 4) is 0 Å². The van der Waals surface area contributed by atoms with Gasteiger partial charge in [-0.1, -0.05) is 137 Å². The summed E-state index contributed by atoms with van der Waals surface area (Å²) in [6.45, 7) is 21.6. The van der Waals surface area contributed by atoms with Gasteiger partial charge in [0.25, 0.3) is 0 Å². The lowest BCUT2D eigenvalue weighted by Gasteiger charge is -2.40. The van der Waals surface area contributed by atoms with E-state index in [0.29, 0.717) is 11.8 Å². The fourth-order valence-corrected chi connectivity index (χ4v) is 6.31. The van der Waals surface area contributed by atoms with Gasteiger partial charge in [0.1, 0.15) is 0 Å². The van der Waals surface area contributed by atoms with Crippen LogP contribution in [0.2, 0.25) is 0 Å². The van der Waals surface area contributed by atoms with Crippen molar-refractivity contribution in [2.24, 2.45) is 11.3 Å². The van der Waals surface area contributed by atoms with Gasteiger partial charge in [0.2, 0.25) is 0 Å². The summed E-state index contributed by atoms with van der Waals surface area (Å²) in [6, 6.07) is 7.51. The SMILES string of the molecule is CCCCCCCC(CC)C1(C)C2=CC(C(C)(C)C)=CCC2c2ccc(C(C)(C)C)cc21. The van der Waals surface area contributed by atoms with E-state index in [1.165, 1.54) is 62.5 Å². The summed E-state index contributed by atoms with van der Waals surface area (Å²) in [5.74, 6) is 1.29. The monoisotopic (exact) mass is 434 g/mol. The van der Waals surface area contributed by atoms with Crippen LogP contribution >= 0.6 is 0 Å². The molecule has 0 fully saturated rings. The molecular formula is C32H50. The minimum atomic E-state index is 0.158. The zero-order valence-corrected chi connectivity index (χ0v) is 22.7. The quantitative estimate of drug-likeness (QED) is 0.357. The molecule has 0 amide bonds. The average molecular weight is 435 g/mol. The number of rotatable bonds is 8. The Bertz CT molecular complexity index is 851. The van der Waals surface area contributed by atoms with E-state index in [4.69, 9.17) is 0 Å². The molecule has 32 heavy (non-hydrogen) atoms. The molecule has 0 N–H and O–H groups in total. The second kappa shape index (κ2) is 9.52. The molecule has 3 atom stereocenters. The lowest BCUT2D eigenvalue weighted by molar-refractivity contribution is 0.298. The highest BCUT2D eigenvalue weighted by atomic mass is 14.5. The molecule has 2 aliphatic rings. The molecule has 0 aliphatic heterocycles. The third-order valence-corrected chi connectivity index (χ3v) is 8.55. The molecule has 1 aromatic rings. The zero-order chi connectivity index (χ0) is 23.7. The van der Waals surface area contributed by atoms with Crippen molar-refractivity contribution in [2.75, 3.05) is 0 Å². The molecular weight excluding hydrogens is 384 g/mol. The van der Waals surface area contributed by atoms with Gasteiger partial charge in [-0.15, -0.1) is 0 Å². The van der Waals surface area contributed by atoms with Gasteiger partial charge in [-0.3, -0.25) is 0 Å². The van der Waals surface area contributed by atoms with Crippen LogP contribution < -0.4 is 0 Å². The Kier molecular flexibility index (Phi) is 7.53. The lowest BCUT2D eigenvalue weighted by atomic mass is 9.64. The molecule has 0 nitrogen and oxygen atoms in total. The second-order valence-corrected chi connectivity index (χ2v) is 12.9. The highest BCUT2D eigenvalue weighted by Gasteiger charge is 2.49.